The fourth-order valence-electron chi connectivity index (χ4n) is 2.91. The number of hydrogen-bond acceptors (Lipinski definition) is 4. The average molecular weight is 339 g/mol. The predicted octanol–water partition coefficient (Wildman–Crippen LogP) is 1.60. The highest BCUT2D eigenvalue weighted by Gasteiger charge is 2.16. The van der Waals surface area contributed by atoms with Crippen LogP contribution in [0.5, 0.6) is 0 Å². The Morgan fingerprint density at radius 1 is 1.32 bits per heavy atom. The lowest BCUT2D eigenvalue weighted by Gasteiger charge is -2.14. The topological polar surface area (TPSA) is 92.2 Å². The smallest absolute Gasteiger partial charge is 0.267 e. The molecule has 0 radical (unpaired) electrons. The first-order valence-electron chi connectivity index (χ1n) is 8.37. The van der Waals surface area contributed by atoms with Crippen molar-refractivity contribution in [2.75, 3.05) is 6.54 Å². The lowest BCUT2D eigenvalue weighted by Crippen LogP contribution is -2.34. The molecule has 0 bridgehead atoms. The first kappa shape index (κ1) is 16.9. The van der Waals surface area contributed by atoms with E-state index in [-0.39, 0.29) is 22.5 Å². The maximum atomic E-state index is 13.0. The fourth-order valence-corrected chi connectivity index (χ4v) is 2.91. The first-order chi connectivity index (χ1) is 12.0. The number of nitrogens with one attached hydrogen (secondary N) is 2. The van der Waals surface area contributed by atoms with E-state index in [1.165, 1.54) is 10.5 Å². The van der Waals surface area contributed by atoms with Crippen LogP contribution in [-0.4, -0.2) is 26.4 Å². The summed E-state index contributed by atoms with van der Waals surface area (Å²) in [5, 5.41) is 11.4. The summed E-state index contributed by atoms with van der Waals surface area (Å²) >= 11 is 0. The van der Waals surface area contributed by atoms with E-state index in [9.17, 15) is 9.59 Å². The molecule has 3 rings (SSSR count). The standard InChI is InChI=1S/C18H21N5O2/c1-4-8-22-15(19)12(17(24)20-5-2)9-13-16(22)21-14-7-6-11(3)10-23(14)18(13)25/h6-7,9-10,19H,4-5,8H2,1-3H3,(H,20,24). The molecule has 1 amide bonds. The molecule has 3 aromatic rings. The largest absolute Gasteiger partial charge is 0.352 e. The van der Waals surface area contributed by atoms with Crippen LogP contribution in [0.1, 0.15) is 36.2 Å². The molecule has 0 saturated heterocycles. The Hall–Kier alpha value is -2.96. The molecule has 0 saturated carbocycles. The monoisotopic (exact) mass is 339 g/mol. The molecule has 2 N–H and O–H groups in total. The third-order valence-electron chi connectivity index (χ3n) is 4.08. The van der Waals surface area contributed by atoms with Crippen molar-refractivity contribution in [1.82, 2.24) is 19.3 Å². The molecule has 0 spiro atoms. The summed E-state index contributed by atoms with van der Waals surface area (Å²) < 4.78 is 3.13. The van der Waals surface area contributed by atoms with Crippen molar-refractivity contribution in [1.29, 1.82) is 5.41 Å². The lowest BCUT2D eigenvalue weighted by atomic mass is 10.2. The maximum Gasteiger partial charge on any atom is 0.267 e. The van der Waals surface area contributed by atoms with Crippen molar-refractivity contribution >= 4 is 22.6 Å². The molecule has 130 valence electrons. The van der Waals surface area contributed by atoms with Crippen LogP contribution in [0.15, 0.2) is 29.2 Å². The summed E-state index contributed by atoms with van der Waals surface area (Å²) in [4.78, 5) is 29.9. The van der Waals surface area contributed by atoms with Gasteiger partial charge in [-0.05, 0) is 38.0 Å². The van der Waals surface area contributed by atoms with E-state index in [0.29, 0.717) is 29.8 Å². The van der Waals surface area contributed by atoms with Crippen molar-refractivity contribution in [2.45, 2.75) is 33.7 Å². The summed E-state index contributed by atoms with van der Waals surface area (Å²) in [5.41, 5.74) is 1.93. The summed E-state index contributed by atoms with van der Waals surface area (Å²) in [6.07, 6.45) is 2.49. The van der Waals surface area contributed by atoms with Gasteiger partial charge in [0.2, 0.25) is 0 Å². The van der Waals surface area contributed by atoms with Gasteiger partial charge in [-0.1, -0.05) is 13.0 Å². The van der Waals surface area contributed by atoms with Gasteiger partial charge in [0.1, 0.15) is 16.8 Å². The molecule has 0 aliphatic carbocycles. The first-order valence-corrected chi connectivity index (χ1v) is 8.37. The molecular formula is C18H21N5O2. The van der Waals surface area contributed by atoms with E-state index in [1.54, 1.807) is 16.8 Å². The molecule has 3 aromatic heterocycles. The van der Waals surface area contributed by atoms with Gasteiger partial charge in [0.25, 0.3) is 11.5 Å². The Balaban J connectivity index is 2.46. The number of nitrogens with zero attached hydrogens (tertiary/aromatic N) is 3. The number of carbonyl (C=O) groups excluding carboxylic acids is 1. The average Bonchev–Trinajstić information content (AvgIpc) is 2.58. The summed E-state index contributed by atoms with van der Waals surface area (Å²) in [7, 11) is 0. The highest BCUT2D eigenvalue weighted by molar-refractivity contribution is 5.96. The number of carbonyl (C=O) groups is 1. The zero-order valence-electron chi connectivity index (χ0n) is 14.6. The number of aromatic nitrogens is 3. The van der Waals surface area contributed by atoms with E-state index in [4.69, 9.17) is 5.41 Å². The van der Waals surface area contributed by atoms with Gasteiger partial charge < -0.3 is 9.88 Å². The third-order valence-corrected chi connectivity index (χ3v) is 4.08. The number of aryl methyl sites for hydroxylation is 2. The van der Waals surface area contributed by atoms with Gasteiger partial charge in [-0.25, -0.2) is 4.98 Å². The Kier molecular flexibility index (Phi) is 4.39. The molecule has 7 heteroatoms. The zero-order chi connectivity index (χ0) is 18.1. The van der Waals surface area contributed by atoms with Crippen LogP contribution in [0.3, 0.4) is 0 Å². The van der Waals surface area contributed by atoms with Gasteiger partial charge in [0, 0.05) is 19.3 Å². The van der Waals surface area contributed by atoms with Crippen LogP contribution in [0.2, 0.25) is 0 Å². The van der Waals surface area contributed by atoms with Gasteiger partial charge in [0.05, 0.1) is 10.9 Å². The Morgan fingerprint density at radius 3 is 2.76 bits per heavy atom. The zero-order valence-corrected chi connectivity index (χ0v) is 14.6. The predicted molar refractivity (Wildman–Crippen MR) is 95.8 cm³/mol. The quantitative estimate of drug-likeness (QED) is 0.707. The summed E-state index contributed by atoms with van der Waals surface area (Å²) in [6.45, 7) is 6.67. The van der Waals surface area contributed by atoms with Gasteiger partial charge in [-0.3, -0.25) is 19.4 Å². The summed E-state index contributed by atoms with van der Waals surface area (Å²) in [6, 6.07) is 5.16. The number of hydrogen-bond donors (Lipinski definition) is 2. The SMILES string of the molecule is CCCn1c(=N)c(C(=O)NCC)cc2c(=O)n3cc(C)ccc3nc21. The highest BCUT2D eigenvalue weighted by atomic mass is 16.1. The number of amides is 1. The van der Waals surface area contributed by atoms with Crippen molar-refractivity contribution in [3.05, 3.63) is 51.4 Å². The van der Waals surface area contributed by atoms with E-state index in [2.05, 4.69) is 10.3 Å². The van der Waals surface area contributed by atoms with Crippen molar-refractivity contribution in [3.8, 4) is 0 Å². The molecule has 7 nitrogen and oxygen atoms in total. The normalized spacial score (nSPS) is 11.2. The number of pyridine rings is 2. The van der Waals surface area contributed by atoms with E-state index < -0.39 is 0 Å². The Labute approximate surface area is 144 Å². The van der Waals surface area contributed by atoms with Crippen molar-refractivity contribution in [3.63, 3.8) is 0 Å². The Morgan fingerprint density at radius 2 is 2.08 bits per heavy atom. The van der Waals surface area contributed by atoms with Crippen LogP contribution >= 0.6 is 0 Å². The molecule has 0 aliphatic rings. The van der Waals surface area contributed by atoms with Gasteiger partial charge >= 0.3 is 0 Å². The van der Waals surface area contributed by atoms with Gasteiger partial charge in [-0.2, -0.15) is 0 Å². The van der Waals surface area contributed by atoms with Crippen LogP contribution in [0, 0.1) is 12.3 Å². The molecular weight excluding hydrogens is 318 g/mol. The van der Waals surface area contributed by atoms with Crippen LogP contribution in [0.4, 0.5) is 0 Å². The Bertz CT molecular complexity index is 1090. The van der Waals surface area contributed by atoms with Crippen molar-refractivity contribution in [2.24, 2.45) is 0 Å². The molecule has 0 aliphatic heterocycles. The van der Waals surface area contributed by atoms with E-state index >= 15 is 0 Å². The van der Waals surface area contributed by atoms with E-state index in [1.807, 2.05) is 26.8 Å². The minimum atomic E-state index is -0.354. The molecule has 0 fully saturated rings. The van der Waals surface area contributed by atoms with E-state index in [0.717, 1.165) is 12.0 Å². The molecule has 0 unspecified atom stereocenters. The number of rotatable bonds is 4. The fraction of sp³-hybridized carbons (Fsp3) is 0.333. The minimum Gasteiger partial charge on any atom is -0.352 e. The second-order valence-corrected chi connectivity index (χ2v) is 6.01. The summed E-state index contributed by atoms with van der Waals surface area (Å²) in [5.74, 6) is -0.354. The van der Waals surface area contributed by atoms with Crippen LogP contribution in [-0.2, 0) is 6.54 Å². The molecule has 25 heavy (non-hydrogen) atoms. The molecule has 0 atom stereocenters. The minimum absolute atomic E-state index is 0.0728. The molecule has 0 aromatic carbocycles. The second-order valence-electron chi connectivity index (χ2n) is 6.01. The van der Waals surface area contributed by atoms with Gasteiger partial charge in [-0.15, -0.1) is 0 Å². The van der Waals surface area contributed by atoms with Crippen LogP contribution in [0.25, 0.3) is 16.7 Å². The number of fused-ring (bicyclic) bond motifs is 2. The van der Waals surface area contributed by atoms with Crippen molar-refractivity contribution < 1.29 is 4.79 Å². The highest BCUT2D eigenvalue weighted by Crippen LogP contribution is 2.11. The third kappa shape index (κ3) is 2.82. The van der Waals surface area contributed by atoms with Crippen LogP contribution < -0.4 is 16.4 Å². The maximum absolute atomic E-state index is 13.0. The second kappa shape index (κ2) is 6.51. The van der Waals surface area contributed by atoms with Gasteiger partial charge in [0.15, 0.2) is 0 Å². The molecule has 3 heterocycles. The lowest BCUT2D eigenvalue weighted by molar-refractivity contribution is 0.0953.